The number of aromatic hydroxyl groups is 1. The lowest BCUT2D eigenvalue weighted by Gasteiger charge is -2.28. The molecule has 20 heavy (non-hydrogen) atoms. The number of rotatable bonds is 2. The van der Waals surface area contributed by atoms with Crippen LogP contribution in [0.3, 0.4) is 0 Å². The van der Waals surface area contributed by atoms with E-state index in [0.29, 0.717) is 17.7 Å². The second kappa shape index (κ2) is 5.47. The van der Waals surface area contributed by atoms with Crippen molar-refractivity contribution in [3.63, 3.8) is 0 Å². The maximum Gasteiger partial charge on any atom is 0.310 e. The third kappa shape index (κ3) is 3.53. The molecular weight excluding hydrogens is 252 g/mol. The Hall–Kier alpha value is -1.51. The molecule has 0 aromatic heterocycles. The van der Waals surface area contributed by atoms with Gasteiger partial charge in [-0.15, -0.1) is 0 Å². The molecule has 0 aliphatic rings. The fourth-order valence-corrected chi connectivity index (χ4v) is 2.18. The predicted molar refractivity (Wildman–Crippen MR) is 81.4 cm³/mol. The van der Waals surface area contributed by atoms with Gasteiger partial charge in [-0.2, -0.15) is 0 Å². The lowest BCUT2D eigenvalue weighted by molar-refractivity contribution is -0.134. The molecule has 0 unspecified atom stereocenters. The fourth-order valence-electron chi connectivity index (χ4n) is 2.18. The van der Waals surface area contributed by atoms with Gasteiger partial charge < -0.3 is 9.84 Å². The second-order valence-electron chi connectivity index (χ2n) is 7.16. The van der Waals surface area contributed by atoms with Crippen molar-refractivity contribution in [3.05, 3.63) is 23.3 Å². The van der Waals surface area contributed by atoms with Crippen molar-refractivity contribution in [2.24, 2.45) is 0 Å². The minimum absolute atomic E-state index is 0.169. The van der Waals surface area contributed by atoms with Crippen LogP contribution in [0.1, 0.15) is 66.0 Å². The molecule has 1 aromatic rings. The summed E-state index contributed by atoms with van der Waals surface area (Å²) in [5.74, 6) is 0.389. The minimum Gasteiger partial charge on any atom is -0.507 e. The van der Waals surface area contributed by atoms with Gasteiger partial charge in [0.15, 0.2) is 0 Å². The maximum atomic E-state index is 11.5. The zero-order chi connectivity index (χ0) is 15.7. The van der Waals surface area contributed by atoms with E-state index in [4.69, 9.17) is 4.74 Å². The lowest BCUT2D eigenvalue weighted by atomic mass is 9.79. The van der Waals surface area contributed by atoms with Crippen molar-refractivity contribution in [1.82, 2.24) is 0 Å². The van der Waals surface area contributed by atoms with Gasteiger partial charge in [0.25, 0.3) is 0 Å². The van der Waals surface area contributed by atoms with Gasteiger partial charge in [-0.3, -0.25) is 4.79 Å². The summed E-state index contributed by atoms with van der Waals surface area (Å²) in [6, 6.07) is 3.62. The van der Waals surface area contributed by atoms with Gasteiger partial charge in [-0.05, 0) is 22.5 Å². The Balaban J connectivity index is 3.49. The number of hydrogen-bond donors (Lipinski definition) is 1. The summed E-state index contributed by atoms with van der Waals surface area (Å²) in [5.41, 5.74) is 1.07. The van der Waals surface area contributed by atoms with Crippen LogP contribution >= 0.6 is 0 Å². The molecule has 0 atom stereocenters. The molecule has 0 radical (unpaired) electrons. The van der Waals surface area contributed by atoms with E-state index in [-0.39, 0.29) is 22.5 Å². The largest absolute Gasteiger partial charge is 0.507 e. The summed E-state index contributed by atoms with van der Waals surface area (Å²) < 4.78 is 5.37. The maximum absolute atomic E-state index is 11.5. The highest BCUT2D eigenvalue weighted by molar-refractivity contribution is 5.73. The van der Waals surface area contributed by atoms with Gasteiger partial charge in [0.1, 0.15) is 11.5 Å². The molecule has 0 heterocycles. The number of esters is 1. The van der Waals surface area contributed by atoms with E-state index < -0.39 is 0 Å². The molecule has 3 nitrogen and oxygen atoms in total. The van der Waals surface area contributed by atoms with Crippen molar-refractivity contribution in [1.29, 1.82) is 0 Å². The van der Waals surface area contributed by atoms with Gasteiger partial charge in [-0.1, -0.05) is 54.5 Å². The highest BCUT2D eigenvalue weighted by Crippen LogP contribution is 2.44. The average molecular weight is 278 g/mol. The van der Waals surface area contributed by atoms with Gasteiger partial charge in [-0.25, -0.2) is 0 Å². The van der Waals surface area contributed by atoms with E-state index in [1.54, 1.807) is 13.0 Å². The number of hydrogen-bond acceptors (Lipinski definition) is 3. The summed E-state index contributed by atoms with van der Waals surface area (Å²) >= 11 is 0. The van der Waals surface area contributed by atoms with E-state index in [1.807, 2.05) is 47.6 Å². The Labute approximate surface area is 122 Å². The van der Waals surface area contributed by atoms with Crippen LogP contribution in [0.2, 0.25) is 0 Å². The van der Waals surface area contributed by atoms with Gasteiger partial charge in [0, 0.05) is 12.0 Å². The third-order valence-corrected chi connectivity index (χ3v) is 3.21. The number of carbonyl (C=O) groups excluding carboxylic acids is 1. The summed E-state index contributed by atoms with van der Waals surface area (Å²) in [4.78, 5) is 11.5. The Morgan fingerprint density at radius 3 is 2.05 bits per heavy atom. The highest BCUT2D eigenvalue weighted by atomic mass is 16.5. The van der Waals surface area contributed by atoms with Crippen LogP contribution in [-0.2, 0) is 15.6 Å². The number of ether oxygens (including phenoxy) is 1. The van der Waals surface area contributed by atoms with E-state index in [9.17, 15) is 9.90 Å². The van der Waals surface area contributed by atoms with E-state index in [0.717, 1.165) is 5.56 Å². The monoisotopic (exact) mass is 278 g/mol. The first-order valence-corrected chi connectivity index (χ1v) is 7.06. The molecule has 0 fully saturated rings. The van der Waals surface area contributed by atoms with Crippen LogP contribution in [0.15, 0.2) is 12.1 Å². The molecule has 0 amide bonds. The molecule has 0 saturated heterocycles. The zero-order valence-electron chi connectivity index (χ0n) is 13.6. The van der Waals surface area contributed by atoms with Crippen molar-refractivity contribution in [2.75, 3.05) is 0 Å². The standard InChI is InChI=1S/C17H26O3/c1-8-13(18)20-12-10-9-11(16(2,3)4)15(19)14(12)17(5,6)7/h9-10,19H,8H2,1-7H3. The number of phenolic OH excluding ortho intramolecular Hbond substituents is 1. The number of carbonyl (C=O) groups is 1. The van der Waals surface area contributed by atoms with E-state index in [2.05, 4.69) is 0 Å². The van der Waals surface area contributed by atoms with Crippen LogP contribution < -0.4 is 4.74 Å². The Morgan fingerprint density at radius 1 is 1.10 bits per heavy atom. The second-order valence-corrected chi connectivity index (χ2v) is 7.16. The van der Waals surface area contributed by atoms with Gasteiger partial charge in [0.2, 0.25) is 0 Å². The van der Waals surface area contributed by atoms with Crippen LogP contribution in [0.25, 0.3) is 0 Å². The molecule has 112 valence electrons. The fraction of sp³-hybridized carbons (Fsp3) is 0.588. The van der Waals surface area contributed by atoms with Crippen LogP contribution in [0, 0.1) is 0 Å². The normalized spacial score (nSPS) is 12.3. The summed E-state index contributed by atoms with van der Waals surface area (Å²) in [7, 11) is 0. The quantitative estimate of drug-likeness (QED) is 0.648. The van der Waals surface area contributed by atoms with Crippen molar-refractivity contribution >= 4 is 5.97 Å². The molecule has 1 rings (SSSR count). The van der Waals surface area contributed by atoms with Gasteiger partial charge >= 0.3 is 5.97 Å². The van der Waals surface area contributed by atoms with E-state index >= 15 is 0 Å². The molecule has 1 aromatic carbocycles. The van der Waals surface area contributed by atoms with Crippen molar-refractivity contribution in [2.45, 2.75) is 65.7 Å². The molecule has 1 N–H and O–H groups in total. The smallest absolute Gasteiger partial charge is 0.310 e. The molecule has 3 heteroatoms. The van der Waals surface area contributed by atoms with Gasteiger partial charge in [0.05, 0.1) is 0 Å². The molecule has 0 aliphatic heterocycles. The summed E-state index contributed by atoms with van der Waals surface area (Å²) in [6.45, 7) is 13.9. The highest BCUT2D eigenvalue weighted by Gasteiger charge is 2.29. The minimum atomic E-state index is -0.311. The molecule has 0 bridgehead atoms. The zero-order valence-corrected chi connectivity index (χ0v) is 13.6. The molecule has 0 saturated carbocycles. The summed E-state index contributed by atoms with van der Waals surface area (Å²) in [6.07, 6.45) is 0.311. The topological polar surface area (TPSA) is 46.5 Å². The van der Waals surface area contributed by atoms with Crippen LogP contribution in [0.4, 0.5) is 0 Å². The predicted octanol–water partition coefficient (Wildman–Crippen LogP) is 4.30. The lowest BCUT2D eigenvalue weighted by Crippen LogP contribution is -2.19. The molecule has 0 spiro atoms. The SMILES string of the molecule is CCC(=O)Oc1ccc(C(C)(C)C)c(O)c1C(C)(C)C. The summed E-state index contributed by atoms with van der Waals surface area (Å²) in [5, 5.41) is 10.6. The van der Waals surface area contributed by atoms with Crippen LogP contribution in [-0.4, -0.2) is 11.1 Å². The number of phenols is 1. The first kappa shape index (κ1) is 16.5. The van der Waals surface area contributed by atoms with Crippen molar-refractivity contribution < 1.29 is 14.6 Å². The number of benzene rings is 1. The third-order valence-electron chi connectivity index (χ3n) is 3.21. The Bertz CT molecular complexity index is 502. The average Bonchev–Trinajstić information content (AvgIpc) is 2.25. The van der Waals surface area contributed by atoms with E-state index in [1.165, 1.54) is 0 Å². The first-order valence-electron chi connectivity index (χ1n) is 7.06. The van der Waals surface area contributed by atoms with Crippen LogP contribution in [0.5, 0.6) is 11.5 Å². The Morgan fingerprint density at radius 2 is 1.65 bits per heavy atom. The Kier molecular flexibility index (Phi) is 4.52. The van der Waals surface area contributed by atoms with Crippen molar-refractivity contribution in [3.8, 4) is 11.5 Å². The molecular formula is C17H26O3. The molecule has 0 aliphatic carbocycles. The first-order chi connectivity index (χ1) is 8.98.